The summed E-state index contributed by atoms with van der Waals surface area (Å²) >= 11 is 5.89. The van der Waals surface area contributed by atoms with Crippen LogP contribution in [0.4, 0.5) is 18.9 Å². The predicted molar refractivity (Wildman–Crippen MR) is 95.8 cm³/mol. The van der Waals surface area contributed by atoms with Crippen molar-refractivity contribution in [3.63, 3.8) is 0 Å². The molecule has 0 aliphatic rings. The van der Waals surface area contributed by atoms with Crippen molar-refractivity contribution in [2.24, 2.45) is 0 Å². The number of hydrogen-bond acceptors (Lipinski definition) is 3. The number of alkyl halides is 3. The van der Waals surface area contributed by atoms with Gasteiger partial charge in [0.2, 0.25) is 11.6 Å². The third-order valence-electron chi connectivity index (χ3n) is 3.90. The largest absolute Gasteiger partial charge is 0.438 e. The highest BCUT2D eigenvalue weighted by atomic mass is 35.5. The molecule has 0 radical (unpaired) electrons. The van der Waals surface area contributed by atoms with Crippen molar-refractivity contribution in [1.29, 1.82) is 0 Å². The van der Waals surface area contributed by atoms with Crippen molar-refractivity contribution in [3.05, 3.63) is 69.1 Å². The average Bonchev–Trinajstić information content (AvgIpc) is 2.59. The number of nitrogens with zero attached hydrogens (tertiary/aromatic N) is 2. The molecule has 1 aromatic heterocycles. The highest BCUT2D eigenvalue weighted by Crippen LogP contribution is 2.26. The van der Waals surface area contributed by atoms with E-state index in [-0.39, 0.29) is 11.0 Å². The molecule has 3 aromatic rings. The van der Waals surface area contributed by atoms with Crippen molar-refractivity contribution < 1.29 is 18.0 Å². The number of nitrogens with one attached hydrogen (secondary N) is 1. The fourth-order valence-corrected chi connectivity index (χ4v) is 2.77. The maximum atomic E-state index is 13.1. The lowest BCUT2D eigenvalue weighted by molar-refractivity contribution is -0.142. The molecular formula is C18H13ClF3N3O2. The van der Waals surface area contributed by atoms with Crippen LogP contribution in [0.3, 0.4) is 0 Å². The predicted octanol–water partition coefficient (Wildman–Crippen LogP) is 4.02. The van der Waals surface area contributed by atoms with Gasteiger partial charge >= 0.3 is 6.18 Å². The maximum absolute atomic E-state index is 13.1. The molecule has 2 aromatic carbocycles. The molecule has 0 spiro atoms. The number of aryl methyl sites for hydroxylation is 1. The molecule has 0 atom stereocenters. The highest BCUT2D eigenvalue weighted by molar-refractivity contribution is 6.31. The van der Waals surface area contributed by atoms with E-state index in [0.29, 0.717) is 10.7 Å². The zero-order chi connectivity index (χ0) is 19.8. The van der Waals surface area contributed by atoms with Gasteiger partial charge in [0.05, 0.1) is 11.0 Å². The van der Waals surface area contributed by atoms with E-state index in [2.05, 4.69) is 10.3 Å². The van der Waals surface area contributed by atoms with Gasteiger partial charge in [0.1, 0.15) is 6.54 Å². The Bertz CT molecular complexity index is 1090. The number of hydrogen-bond donors (Lipinski definition) is 1. The number of amides is 1. The Labute approximate surface area is 156 Å². The number of para-hydroxylation sites is 2. The lowest BCUT2D eigenvalue weighted by atomic mass is 10.2. The molecule has 0 aliphatic heterocycles. The first kappa shape index (κ1) is 18.9. The van der Waals surface area contributed by atoms with Crippen molar-refractivity contribution >= 4 is 34.2 Å². The van der Waals surface area contributed by atoms with Crippen LogP contribution in [0.2, 0.25) is 5.02 Å². The second-order valence-electron chi connectivity index (χ2n) is 5.85. The first-order chi connectivity index (χ1) is 12.7. The molecule has 1 N–H and O–H groups in total. The minimum Gasteiger partial charge on any atom is -0.324 e. The van der Waals surface area contributed by atoms with Crippen molar-refractivity contribution in [2.45, 2.75) is 19.6 Å². The van der Waals surface area contributed by atoms with Gasteiger partial charge in [-0.3, -0.25) is 14.2 Å². The lowest BCUT2D eigenvalue weighted by Gasteiger charge is -2.14. The summed E-state index contributed by atoms with van der Waals surface area (Å²) < 4.78 is 40.2. The van der Waals surface area contributed by atoms with E-state index in [1.807, 2.05) is 0 Å². The van der Waals surface area contributed by atoms with Gasteiger partial charge in [0.15, 0.2) is 0 Å². The topological polar surface area (TPSA) is 64.0 Å². The molecule has 0 saturated carbocycles. The van der Waals surface area contributed by atoms with Crippen LogP contribution in [-0.4, -0.2) is 15.5 Å². The quantitative estimate of drug-likeness (QED) is 0.728. The van der Waals surface area contributed by atoms with Crippen LogP contribution in [0.1, 0.15) is 11.3 Å². The van der Waals surface area contributed by atoms with Crippen LogP contribution in [0.15, 0.2) is 47.3 Å². The summed E-state index contributed by atoms with van der Waals surface area (Å²) in [5.41, 5.74) is -1.71. The number of benzene rings is 2. The van der Waals surface area contributed by atoms with Gasteiger partial charge in [-0.15, -0.1) is 0 Å². The van der Waals surface area contributed by atoms with E-state index in [9.17, 15) is 22.8 Å². The Balaban J connectivity index is 2.03. The molecule has 0 fully saturated rings. The number of rotatable bonds is 3. The summed E-state index contributed by atoms with van der Waals surface area (Å²) in [6.45, 7) is 1.14. The zero-order valence-corrected chi connectivity index (χ0v) is 14.7. The molecule has 0 saturated heterocycles. The van der Waals surface area contributed by atoms with Crippen LogP contribution < -0.4 is 10.9 Å². The maximum Gasteiger partial charge on any atom is 0.438 e. The number of aromatic nitrogens is 2. The summed E-state index contributed by atoms with van der Waals surface area (Å²) in [6, 6.07) is 10.7. The molecule has 27 heavy (non-hydrogen) atoms. The van der Waals surface area contributed by atoms with E-state index < -0.39 is 29.9 Å². The first-order valence-electron chi connectivity index (χ1n) is 7.79. The minimum absolute atomic E-state index is 0.0313. The fraction of sp³-hybridized carbons (Fsp3) is 0.167. The van der Waals surface area contributed by atoms with E-state index in [4.69, 9.17) is 11.6 Å². The minimum atomic E-state index is -4.93. The highest BCUT2D eigenvalue weighted by Gasteiger charge is 2.37. The normalized spacial score (nSPS) is 11.6. The average molecular weight is 396 g/mol. The Hall–Kier alpha value is -2.87. The van der Waals surface area contributed by atoms with Gasteiger partial charge in [-0.1, -0.05) is 29.8 Å². The van der Waals surface area contributed by atoms with Crippen molar-refractivity contribution in [2.75, 3.05) is 5.32 Å². The summed E-state index contributed by atoms with van der Waals surface area (Å²) in [5, 5.41) is 2.96. The summed E-state index contributed by atoms with van der Waals surface area (Å²) in [5.74, 6) is -0.660. The number of carbonyl (C=O) groups excluding carboxylic acids is 1. The summed E-state index contributed by atoms with van der Waals surface area (Å²) in [4.78, 5) is 28.1. The van der Waals surface area contributed by atoms with E-state index in [1.165, 1.54) is 24.3 Å². The molecule has 5 nitrogen and oxygen atoms in total. The third-order valence-corrected chi connectivity index (χ3v) is 4.13. The van der Waals surface area contributed by atoms with Crippen molar-refractivity contribution in [1.82, 2.24) is 9.55 Å². The van der Waals surface area contributed by atoms with E-state index in [1.54, 1.807) is 25.1 Å². The first-order valence-corrected chi connectivity index (χ1v) is 8.17. The Morgan fingerprint density at radius 3 is 2.63 bits per heavy atom. The van der Waals surface area contributed by atoms with Gasteiger partial charge < -0.3 is 5.32 Å². The zero-order valence-electron chi connectivity index (χ0n) is 14.0. The molecule has 1 heterocycles. The monoisotopic (exact) mass is 395 g/mol. The van der Waals surface area contributed by atoms with Crippen LogP contribution in [0.5, 0.6) is 0 Å². The van der Waals surface area contributed by atoms with Gasteiger partial charge in [-0.2, -0.15) is 13.2 Å². The van der Waals surface area contributed by atoms with Crippen LogP contribution in [-0.2, 0) is 17.5 Å². The van der Waals surface area contributed by atoms with Gasteiger partial charge in [0.25, 0.3) is 5.56 Å². The third kappa shape index (κ3) is 3.95. The Morgan fingerprint density at radius 1 is 1.22 bits per heavy atom. The van der Waals surface area contributed by atoms with Crippen LogP contribution in [0.25, 0.3) is 11.0 Å². The fourth-order valence-electron chi connectivity index (χ4n) is 2.60. The summed E-state index contributed by atoms with van der Waals surface area (Å²) in [7, 11) is 0. The molecule has 1 amide bonds. The number of fused-ring (bicyclic) bond motifs is 1. The second kappa shape index (κ2) is 7.03. The molecular weight excluding hydrogens is 383 g/mol. The van der Waals surface area contributed by atoms with Gasteiger partial charge in [0, 0.05) is 10.7 Å². The SMILES string of the molecule is Cc1ccc(Cl)cc1NC(=O)Cn1c(=O)c(C(F)(F)F)nc2ccccc21. The molecule has 3 rings (SSSR count). The molecule has 9 heteroatoms. The lowest BCUT2D eigenvalue weighted by Crippen LogP contribution is -2.34. The van der Waals surface area contributed by atoms with Gasteiger partial charge in [-0.25, -0.2) is 4.98 Å². The van der Waals surface area contributed by atoms with E-state index in [0.717, 1.165) is 10.1 Å². The van der Waals surface area contributed by atoms with Gasteiger partial charge in [-0.05, 0) is 36.8 Å². The molecule has 0 aliphatic carbocycles. The second-order valence-corrected chi connectivity index (χ2v) is 6.28. The smallest absolute Gasteiger partial charge is 0.324 e. The van der Waals surface area contributed by atoms with Crippen molar-refractivity contribution in [3.8, 4) is 0 Å². The summed E-state index contributed by atoms with van der Waals surface area (Å²) in [6.07, 6.45) is -4.93. The number of anilines is 1. The molecule has 0 bridgehead atoms. The Morgan fingerprint density at radius 2 is 1.93 bits per heavy atom. The Kier molecular flexibility index (Phi) is 4.93. The van der Waals surface area contributed by atoms with Crippen LogP contribution >= 0.6 is 11.6 Å². The molecule has 140 valence electrons. The number of carbonyl (C=O) groups is 1. The van der Waals surface area contributed by atoms with E-state index >= 15 is 0 Å². The standard InChI is InChI=1S/C18H13ClF3N3O2/c1-10-6-7-11(19)8-13(10)23-15(26)9-25-14-5-3-2-4-12(14)24-16(17(25)27)18(20,21)22/h2-8H,9H2,1H3,(H,23,26). The van der Waals surface area contributed by atoms with Crippen LogP contribution in [0, 0.1) is 6.92 Å². The molecule has 0 unspecified atom stereocenters. The number of halogens is 4.